The first-order valence-electron chi connectivity index (χ1n) is 7.24. The van der Waals surface area contributed by atoms with Crippen LogP contribution in [0.1, 0.15) is 24.8 Å². The van der Waals surface area contributed by atoms with Crippen molar-refractivity contribution in [1.29, 1.82) is 0 Å². The van der Waals surface area contributed by atoms with Gasteiger partial charge in [-0.25, -0.2) is 0 Å². The molecule has 0 N–H and O–H groups in total. The van der Waals surface area contributed by atoms with E-state index in [1.54, 1.807) is 0 Å². The van der Waals surface area contributed by atoms with Crippen LogP contribution in [0.2, 0.25) is 0 Å². The summed E-state index contributed by atoms with van der Waals surface area (Å²) in [7, 11) is 0. The molecule has 0 radical (unpaired) electrons. The molecule has 0 bridgehead atoms. The van der Waals surface area contributed by atoms with Gasteiger partial charge in [0.05, 0.1) is 11.9 Å². The molecule has 5 heteroatoms. The van der Waals surface area contributed by atoms with Gasteiger partial charge >= 0.3 is 0 Å². The Hall–Kier alpha value is -1.88. The van der Waals surface area contributed by atoms with Crippen LogP contribution < -0.4 is 10.2 Å². The van der Waals surface area contributed by atoms with Gasteiger partial charge < -0.3 is 19.8 Å². The summed E-state index contributed by atoms with van der Waals surface area (Å²) >= 11 is 0. The minimum absolute atomic E-state index is 0.109. The molecule has 0 atom stereocenters. The van der Waals surface area contributed by atoms with E-state index in [-0.39, 0.29) is 12.3 Å². The van der Waals surface area contributed by atoms with Gasteiger partial charge in [-0.1, -0.05) is 30.3 Å². The quantitative estimate of drug-likeness (QED) is 0.653. The number of aliphatic carboxylic acids is 2. The van der Waals surface area contributed by atoms with Gasteiger partial charge in [-0.2, -0.15) is 0 Å². The van der Waals surface area contributed by atoms with E-state index >= 15 is 0 Å². The number of piperidine rings is 1. The van der Waals surface area contributed by atoms with Gasteiger partial charge in [-0.15, -0.1) is 0 Å². The second-order valence-corrected chi connectivity index (χ2v) is 5.63. The number of likely N-dealkylation sites (tertiary alicyclic amines) is 1. The fraction of sp³-hybridized carbons (Fsp3) is 0.500. The topological polar surface area (TPSA) is 83.5 Å². The lowest BCUT2D eigenvalue weighted by Gasteiger charge is -2.34. The van der Waals surface area contributed by atoms with Crippen LogP contribution in [-0.2, 0) is 16.1 Å². The number of benzene rings is 1. The molecule has 1 heterocycles. The molecule has 1 saturated heterocycles. The Bertz CT molecular complexity index is 466. The first-order chi connectivity index (χ1) is 10.1. The van der Waals surface area contributed by atoms with Crippen LogP contribution in [0.4, 0.5) is 0 Å². The van der Waals surface area contributed by atoms with E-state index in [4.69, 9.17) is 0 Å². The predicted octanol–water partition coefficient (Wildman–Crippen LogP) is -0.595. The average molecular weight is 289 g/mol. The molecular formula is C16H19NO4-2. The van der Waals surface area contributed by atoms with Crippen molar-refractivity contribution in [1.82, 2.24) is 4.90 Å². The lowest BCUT2D eigenvalue weighted by molar-refractivity contribution is -0.332. The van der Waals surface area contributed by atoms with Crippen LogP contribution in [-0.4, -0.2) is 29.9 Å². The molecule has 0 aliphatic carbocycles. The van der Waals surface area contributed by atoms with E-state index in [0.29, 0.717) is 0 Å². The molecule has 2 rings (SSSR count). The van der Waals surface area contributed by atoms with Gasteiger partial charge in [-0.05, 0) is 43.8 Å². The molecule has 0 spiro atoms. The maximum Gasteiger partial charge on any atom is 0.0501 e. The summed E-state index contributed by atoms with van der Waals surface area (Å²) in [6.07, 6.45) is 1.73. The standard InChI is InChI=1S/C16H21NO4/c18-15(19)14(16(20)21)10-12-6-8-17(9-7-12)11-13-4-2-1-3-5-13/h1-5,12,14H,6-11H2,(H,18,19)(H,20,21)/p-2. The summed E-state index contributed by atoms with van der Waals surface area (Å²) in [6, 6.07) is 10.1. The van der Waals surface area contributed by atoms with Crippen molar-refractivity contribution in [3.8, 4) is 0 Å². The predicted molar refractivity (Wildman–Crippen MR) is 72.6 cm³/mol. The first kappa shape index (κ1) is 15.5. The van der Waals surface area contributed by atoms with Gasteiger partial charge in [0.1, 0.15) is 0 Å². The molecule has 0 unspecified atom stereocenters. The smallest absolute Gasteiger partial charge is 0.0501 e. The number of hydrogen-bond donors (Lipinski definition) is 0. The summed E-state index contributed by atoms with van der Waals surface area (Å²) in [4.78, 5) is 23.9. The molecule has 0 saturated carbocycles. The molecular weight excluding hydrogens is 270 g/mol. The largest absolute Gasteiger partial charge is 0.549 e. The fourth-order valence-electron chi connectivity index (χ4n) is 2.84. The lowest BCUT2D eigenvalue weighted by Crippen LogP contribution is -2.45. The molecule has 0 amide bonds. The Morgan fingerprint density at radius 3 is 2.19 bits per heavy atom. The minimum atomic E-state index is -1.54. The molecule has 1 aliphatic heterocycles. The van der Waals surface area contributed by atoms with Crippen LogP contribution in [0, 0.1) is 11.8 Å². The number of carboxylic acids is 2. The zero-order valence-electron chi connectivity index (χ0n) is 11.9. The summed E-state index contributed by atoms with van der Waals surface area (Å²) < 4.78 is 0. The third-order valence-electron chi connectivity index (χ3n) is 4.09. The van der Waals surface area contributed by atoms with Gasteiger partial charge in [0, 0.05) is 12.5 Å². The molecule has 0 aromatic heterocycles. The third-order valence-corrected chi connectivity index (χ3v) is 4.09. The second-order valence-electron chi connectivity index (χ2n) is 5.63. The maximum atomic E-state index is 10.8. The lowest BCUT2D eigenvalue weighted by atomic mass is 9.87. The van der Waals surface area contributed by atoms with Gasteiger partial charge in [0.15, 0.2) is 0 Å². The van der Waals surface area contributed by atoms with E-state index in [1.807, 2.05) is 18.2 Å². The van der Waals surface area contributed by atoms with Crippen LogP contribution in [0.5, 0.6) is 0 Å². The second kappa shape index (κ2) is 7.22. The molecule has 1 fully saturated rings. The highest BCUT2D eigenvalue weighted by Gasteiger charge is 2.23. The highest BCUT2D eigenvalue weighted by Crippen LogP contribution is 2.25. The van der Waals surface area contributed by atoms with Crippen molar-refractivity contribution < 1.29 is 19.8 Å². The maximum absolute atomic E-state index is 10.8. The molecule has 1 aliphatic rings. The van der Waals surface area contributed by atoms with Crippen molar-refractivity contribution in [3.05, 3.63) is 35.9 Å². The number of carboxylic acid groups (broad SMARTS) is 2. The Morgan fingerprint density at radius 1 is 1.10 bits per heavy atom. The molecule has 21 heavy (non-hydrogen) atoms. The Kier molecular flexibility index (Phi) is 5.33. The van der Waals surface area contributed by atoms with Gasteiger partial charge in [0.2, 0.25) is 0 Å². The molecule has 1 aromatic carbocycles. The Morgan fingerprint density at radius 2 is 1.67 bits per heavy atom. The number of carbonyl (C=O) groups excluding carboxylic acids is 2. The number of nitrogens with zero attached hydrogens (tertiary/aromatic N) is 1. The zero-order chi connectivity index (χ0) is 15.2. The number of rotatable bonds is 6. The fourth-order valence-corrected chi connectivity index (χ4v) is 2.84. The first-order valence-corrected chi connectivity index (χ1v) is 7.24. The van der Waals surface area contributed by atoms with Crippen molar-refractivity contribution in [2.24, 2.45) is 11.8 Å². The van der Waals surface area contributed by atoms with Gasteiger partial charge in [0.25, 0.3) is 0 Å². The summed E-state index contributed by atoms with van der Waals surface area (Å²) in [5, 5.41) is 21.6. The molecule has 1 aromatic rings. The van der Waals surface area contributed by atoms with Crippen molar-refractivity contribution in [2.75, 3.05) is 13.1 Å². The minimum Gasteiger partial charge on any atom is -0.549 e. The van der Waals surface area contributed by atoms with E-state index < -0.39 is 17.9 Å². The number of carbonyl (C=O) groups is 2. The molecule has 5 nitrogen and oxygen atoms in total. The number of hydrogen-bond acceptors (Lipinski definition) is 5. The van der Waals surface area contributed by atoms with Crippen LogP contribution in [0.15, 0.2) is 30.3 Å². The Balaban J connectivity index is 1.80. The zero-order valence-corrected chi connectivity index (χ0v) is 11.9. The monoisotopic (exact) mass is 289 g/mol. The van der Waals surface area contributed by atoms with Crippen LogP contribution in [0.25, 0.3) is 0 Å². The summed E-state index contributed by atoms with van der Waals surface area (Å²) in [6.45, 7) is 2.58. The Labute approximate surface area is 124 Å². The van der Waals surface area contributed by atoms with Gasteiger partial charge in [-0.3, -0.25) is 4.90 Å². The van der Waals surface area contributed by atoms with Crippen molar-refractivity contribution >= 4 is 11.9 Å². The summed E-state index contributed by atoms with van der Waals surface area (Å²) in [5.74, 6) is -4.46. The normalized spacial score (nSPS) is 17.0. The molecule has 114 valence electrons. The SMILES string of the molecule is O=C([O-])C(CC1CCN(Cc2ccccc2)CC1)C(=O)[O-]. The third kappa shape index (κ3) is 4.56. The van der Waals surface area contributed by atoms with Crippen LogP contribution in [0.3, 0.4) is 0 Å². The highest BCUT2D eigenvalue weighted by molar-refractivity contribution is 5.90. The van der Waals surface area contributed by atoms with Crippen molar-refractivity contribution in [2.45, 2.75) is 25.8 Å². The van der Waals surface area contributed by atoms with E-state index in [2.05, 4.69) is 17.0 Å². The van der Waals surface area contributed by atoms with E-state index in [0.717, 1.165) is 32.5 Å². The average Bonchev–Trinajstić information content (AvgIpc) is 2.47. The van der Waals surface area contributed by atoms with Crippen LogP contribution >= 0.6 is 0 Å². The van der Waals surface area contributed by atoms with E-state index in [1.165, 1.54) is 5.56 Å². The van der Waals surface area contributed by atoms with Crippen molar-refractivity contribution in [3.63, 3.8) is 0 Å². The van der Waals surface area contributed by atoms with E-state index in [9.17, 15) is 19.8 Å². The highest BCUT2D eigenvalue weighted by atomic mass is 16.4. The summed E-state index contributed by atoms with van der Waals surface area (Å²) in [5.41, 5.74) is 1.25.